The van der Waals surface area contributed by atoms with Crippen molar-refractivity contribution in [2.75, 3.05) is 4.72 Å². The van der Waals surface area contributed by atoms with Gasteiger partial charge in [0.2, 0.25) is 11.8 Å². The first kappa shape index (κ1) is 24.8. The molecule has 3 N–H and O–H groups in total. The Labute approximate surface area is 209 Å². The van der Waals surface area contributed by atoms with Gasteiger partial charge in [0.25, 0.3) is 15.6 Å². The number of hydrogen-bond acceptors (Lipinski definition) is 8. The number of aliphatic imine (C=N–C) groups is 1. The van der Waals surface area contributed by atoms with Crippen LogP contribution in [0, 0.1) is 13.8 Å². The topological polar surface area (TPSA) is 159 Å². The molecule has 0 saturated carbocycles. The number of aromatic nitrogens is 4. The highest BCUT2D eigenvalue weighted by atomic mass is 35.5. The fourth-order valence-corrected chi connectivity index (χ4v) is 4.36. The van der Waals surface area contributed by atoms with E-state index in [1.807, 2.05) is 0 Å². The van der Waals surface area contributed by atoms with Gasteiger partial charge in [-0.15, -0.1) is 0 Å². The molecule has 2 heterocycles. The number of nitrogens with zero attached hydrogens (tertiary/aromatic N) is 4. The van der Waals surface area contributed by atoms with Crippen LogP contribution in [-0.2, 0) is 10.0 Å². The average molecular weight is 527 g/mol. The fourth-order valence-electron chi connectivity index (χ4n) is 3.29. The van der Waals surface area contributed by atoms with E-state index in [0.29, 0.717) is 22.1 Å². The minimum atomic E-state index is -3.96. The molecule has 13 heteroatoms. The number of hydrogen-bond donors (Lipinski definition) is 3. The Bertz CT molecular complexity index is 1680. The second-order valence-corrected chi connectivity index (χ2v) is 9.76. The van der Waals surface area contributed by atoms with Crippen molar-refractivity contribution in [2.24, 2.45) is 4.99 Å². The summed E-state index contributed by atoms with van der Waals surface area (Å²) in [4.78, 5) is 38.9. The maximum atomic E-state index is 12.7. The van der Waals surface area contributed by atoms with Crippen molar-refractivity contribution in [3.63, 3.8) is 0 Å². The van der Waals surface area contributed by atoms with Gasteiger partial charge in [-0.05, 0) is 68.4 Å². The molecule has 184 valence electrons. The van der Waals surface area contributed by atoms with E-state index in [1.165, 1.54) is 48.5 Å². The Morgan fingerprint density at radius 3 is 2.25 bits per heavy atom. The largest absolute Gasteiger partial charge is 0.493 e. The minimum absolute atomic E-state index is 0.0416. The van der Waals surface area contributed by atoms with E-state index < -0.39 is 27.2 Å². The van der Waals surface area contributed by atoms with Crippen molar-refractivity contribution >= 4 is 39.5 Å². The van der Waals surface area contributed by atoms with Crippen LogP contribution in [0.2, 0.25) is 5.02 Å². The minimum Gasteiger partial charge on any atom is -0.493 e. The van der Waals surface area contributed by atoms with Crippen LogP contribution in [0.15, 0.2) is 74.1 Å². The highest BCUT2D eigenvalue weighted by Gasteiger charge is 2.17. The maximum Gasteiger partial charge on any atom is 0.335 e. The molecule has 0 radical (unpaired) electrons. The van der Waals surface area contributed by atoms with Crippen molar-refractivity contribution in [3.05, 3.63) is 97.4 Å². The van der Waals surface area contributed by atoms with Crippen LogP contribution in [0.25, 0.3) is 5.69 Å². The van der Waals surface area contributed by atoms with Crippen LogP contribution in [0.3, 0.4) is 0 Å². The molecule has 2 aromatic heterocycles. The number of aromatic hydroxyl groups is 1. The third kappa shape index (κ3) is 5.34. The summed E-state index contributed by atoms with van der Waals surface area (Å²) in [6.45, 7) is 3.45. The number of benzene rings is 2. The van der Waals surface area contributed by atoms with Crippen molar-refractivity contribution in [3.8, 4) is 11.6 Å². The van der Waals surface area contributed by atoms with Crippen LogP contribution in [0.4, 0.5) is 11.6 Å². The zero-order valence-corrected chi connectivity index (χ0v) is 20.5. The number of nitrogens with one attached hydrogen (secondary N) is 2. The van der Waals surface area contributed by atoms with Crippen molar-refractivity contribution in [2.45, 2.75) is 18.7 Å². The van der Waals surface area contributed by atoms with Crippen LogP contribution in [0.5, 0.6) is 5.88 Å². The van der Waals surface area contributed by atoms with E-state index in [-0.39, 0.29) is 22.1 Å². The number of rotatable bonds is 6. The zero-order chi connectivity index (χ0) is 26.0. The van der Waals surface area contributed by atoms with Gasteiger partial charge in [-0.3, -0.25) is 14.8 Å². The summed E-state index contributed by atoms with van der Waals surface area (Å²) in [6.07, 6.45) is 1.07. The predicted octanol–water partition coefficient (Wildman–Crippen LogP) is 2.84. The third-order valence-corrected chi connectivity index (χ3v) is 6.50. The van der Waals surface area contributed by atoms with E-state index in [9.17, 15) is 23.1 Å². The Kier molecular flexibility index (Phi) is 6.73. The number of aromatic amines is 1. The molecule has 0 atom stereocenters. The van der Waals surface area contributed by atoms with Crippen LogP contribution in [-0.4, -0.2) is 39.3 Å². The molecular weight excluding hydrogens is 508 g/mol. The first-order valence-corrected chi connectivity index (χ1v) is 12.2. The van der Waals surface area contributed by atoms with Gasteiger partial charge in [0.05, 0.1) is 16.3 Å². The SMILES string of the molecule is Cc1cc(C)nc(NS(=O)(=O)c2ccc(N=Cc3c(O)n(-c4ccc(Cl)cc4)c(=O)[nH]c3=O)cc2)n1. The number of anilines is 1. The summed E-state index contributed by atoms with van der Waals surface area (Å²) < 4.78 is 28.6. The summed E-state index contributed by atoms with van der Waals surface area (Å²) in [7, 11) is -3.96. The average Bonchev–Trinajstić information content (AvgIpc) is 2.79. The van der Waals surface area contributed by atoms with Gasteiger partial charge in [-0.25, -0.2) is 32.5 Å². The van der Waals surface area contributed by atoms with Gasteiger partial charge < -0.3 is 5.11 Å². The second kappa shape index (κ2) is 9.76. The highest BCUT2D eigenvalue weighted by Crippen LogP contribution is 2.21. The fraction of sp³-hybridized carbons (Fsp3) is 0.0870. The molecule has 4 aromatic rings. The monoisotopic (exact) mass is 526 g/mol. The molecule has 0 saturated heterocycles. The summed E-state index contributed by atoms with van der Waals surface area (Å²) in [5.41, 5.74) is -0.150. The van der Waals surface area contributed by atoms with Gasteiger partial charge >= 0.3 is 5.69 Å². The summed E-state index contributed by atoms with van der Waals surface area (Å²) >= 11 is 5.87. The quantitative estimate of drug-likeness (QED) is 0.326. The van der Waals surface area contributed by atoms with Gasteiger partial charge in [0, 0.05) is 22.6 Å². The number of aryl methyl sites for hydroxylation is 2. The molecule has 0 aliphatic rings. The molecule has 11 nitrogen and oxygen atoms in total. The summed E-state index contributed by atoms with van der Waals surface area (Å²) in [6, 6.07) is 13.2. The predicted molar refractivity (Wildman–Crippen MR) is 135 cm³/mol. The second-order valence-electron chi connectivity index (χ2n) is 7.64. The smallest absolute Gasteiger partial charge is 0.335 e. The first-order chi connectivity index (χ1) is 17.0. The molecule has 0 spiro atoms. The van der Waals surface area contributed by atoms with E-state index >= 15 is 0 Å². The molecule has 0 amide bonds. The first-order valence-electron chi connectivity index (χ1n) is 10.4. The molecule has 2 aromatic carbocycles. The number of sulfonamides is 1. The lowest BCUT2D eigenvalue weighted by atomic mass is 10.3. The lowest BCUT2D eigenvalue weighted by Crippen LogP contribution is -2.31. The van der Waals surface area contributed by atoms with Crippen LogP contribution >= 0.6 is 11.6 Å². The van der Waals surface area contributed by atoms with E-state index in [2.05, 4.69) is 24.7 Å². The zero-order valence-electron chi connectivity index (χ0n) is 18.9. The molecule has 4 rings (SSSR count). The molecule has 0 aliphatic heterocycles. The lowest BCUT2D eigenvalue weighted by molar-refractivity contribution is 0.430. The molecule has 0 unspecified atom stereocenters. The standard InChI is InChI=1S/C23H19ClN6O5S/c1-13-11-14(2)27-22(26-13)29-36(34,35)18-9-5-16(6-10-18)25-12-19-20(31)28-23(33)30(21(19)32)17-7-3-15(24)4-8-17/h3-12,32H,1-2H3,(H,26,27,29)(H,28,31,33). The Morgan fingerprint density at radius 1 is 1.03 bits per heavy atom. The van der Waals surface area contributed by atoms with Crippen molar-refractivity contribution in [1.82, 2.24) is 19.5 Å². The summed E-state index contributed by atoms with van der Waals surface area (Å²) in [5, 5.41) is 11.0. The van der Waals surface area contributed by atoms with E-state index in [4.69, 9.17) is 11.6 Å². The Balaban J connectivity index is 1.61. The normalized spacial score (nSPS) is 11.6. The van der Waals surface area contributed by atoms with Gasteiger partial charge in [-0.1, -0.05) is 11.6 Å². The Hall–Kier alpha value is -4.29. The maximum absolute atomic E-state index is 12.7. The molecular formula is C23H19ClN6O5S. The number of halogens is 1. The molecule has 0 aliphatic carbocycles. The number of H-pyrrole nitrogens is 1. The lowest BCUT2D eigenvalue weighted by Gasteiger charge is -2.09. The third-order valence-electron chi connectivity index (χ3n) is 4.90. The van der Waals surface area contributed by atoms with Crippen molar-refractivity contribution in [1.29, 1.82) is 0 Å². The van der Waals surface area contributed by atoms with E-state index in [0.717, 1.165) is 10.8 Å². The molecule has 0 fully saturated rings. The molecule has 36 heavy (non-hydrogen) atoms. The molecule has 0 bridgehead atoms. The van der Waals surface area contributed by atoms with Gasteiger partial charge in [0.1, 0.15) is 5.56 Å². The van der Waals surface area contributed by atoms with Gasteiger partial charge in [-0.2, -0.15) is 0 Å². The van der Waals surface area contributed by atoms with Crippen LogP contribution < -0.4 is 16.0 Å². The van der Waals surface area contributed by atoms with Crippen molar-refractivity contribution < 1.29 is 13.5 Å². The van der Waals surface area contributed by atoms with Gasteiger partial charge in [0.15, 0.2) is 0 Å². The van der Waals surface area contributed by atoms with E-state index in [1.54, 1.807) is 19.9 Å². The Morgan fingerprint density at radius 2 is 1.64 bits per heavy atom. The summed E-state index contributed by atoms with van der Waals surface area (Å²) in [5.74, 6) is -0.660. The van der Waals surface area contributed by atoms with Crippen LogP contribution in [0.1, 0.15) is 17.0 Å². The highest BCUT2D eigenvalue weighted by molar-refractivity contribution is 7.92.